The van der Waals surface area contributed by atoms with E-state index in [4.69, 9.17) is 0 Å². The van der Waals surface area contributed by atoms with Crippen molar-refractivity contribution in [1.82, 2.24) is 23.7 Å². The van der Waals surface area contributed by atoms with Crippen molar-refractivity contribution in [2.45, 2.75) is 39.3 Å². The fourth-order valence-corrected chi connectivity index (χ4v) is 3.63. The highest BCUT2D eigenvalue weighted by Gasteiger charge is 2.12. The molecule has 0 aliphatic rings. The molecule has 0 saturated heterocycles. The van der Waals surface area contributed by atoms with Crippen molar-refractivity contribution in [3.8, 4) is 0 Å². The van der Waals surface area contributed by atoms with Crippen LogP contribution in [0.1, 0.15) is 37.6 Å². The molecular formula is C23H25N5O2. The molecule has 0 spiro atoms. The molecule has 0 N–H and O–H groups in total. The van der Waals surface area contributed by atoms with E-state index in [-0.39, 0.29) is 11.1 Å². The Morgan fingerprint density at radius 1 is 0.800 bits per heavy atom. The summed E-state index contributed by atoms with van der Waals surface area (Å²) in [6, 6.07) is 14.2. The zero-order valence-corrected chi connectivity index (χ0v) is 17.1. The van der Waals surface area contributed by atoms with Crippen molar-refractivity contribution in [2.75, 3.05) is 6.54 Å². The van der Waals surface area contributed by atoms with Gasteiger partial charge in [-0.3, -0.25) is 23.3 Å². The molecule has 0 unspecified atom stereocenters. The molecule has 154 valence electrons. The Hall–Kier alpha value is -3.32. The Morgan fingerprint density at radius 3 is 1.83 bits per heavy atom. The number of hydrogen-bond donors (Lipinski definition) is 0. The summed E-state index contributed by atoms with van der Waals surface area (Å²) in [5.74, 6) is 0. The van der Waals surface area contributed by atoms with Crippen LogP contribution in [0.15, 0.2) is 70.5 Å². The maximum atomic E-state index is 12.4. The number of pyridine rings is 2. The first-order chi connectivity index (χ1) is 14.6. The molecule has 0 amide bonds. The number of rotatable bonds is 8. The molecule has 7 heteroatoms. The molecule has 30 heavy (non-hydrogen) atoms. The van der Waals surface area contributed by atoms with Gasteiger partial charge in [0.25, 0.3) is 11.1 Å². The predicted octanol–water partition coefficient (Wildman–Crippen LogP) is 2.89. The second kappa shape index (κ2) is 9.00. The summed E-state index contributed by atoms with van der Waals surface area (Å²) in [7, 11) is 0. The van der Waals surface area contributed by atoms with Crippen LogP contribution in [-0.4, -0.2) is 30.2 Å². The van der Waals surface area contributed by atoms with Crippen LogP contribution in [0.2, 0.25) is 0 Å². The van der Waals surface area contributed by atoms with Gasteiger partial charge in [0.05, 0.1) is 11.4 Å². The molecule has 4 heterocycles. The Morgan fingerprint density at radius 2 is 1.33 bits per heavy atom. The van der Waals surface area contributed by atoms with Crippen molar-refractivity contribution < 1.29 is 0 Å². The van der Waals surface area contributed by atoms with Gasteiger partial charge in [-0.2, -0.15) is 0 Å². The first-order valence-electron chi connectivity index (χ1n) is 10.3. The van der Waals surface area contributed by atoms with Crippen LogP contribution in [0.25, 0.3) is 11.3 Å². The molecule has 4 aromatic rings. The number of unbranched alkanes of at least 4 members (excludes halogenated alkanes) is 2. The molecule has 0 aromatic carbocycles. The van der Waals surface area contributed by atoms with Crippen LogP contribution in [-0.2, 0) is 13.1 Å². The van der Waals surface area contributed by atoms with Crippen molar-refractivity contribution >= 4 is 11.3 Å². The van der Waals surface area contributed by atoms with Gasteiger partial charge < -0.3 is 0 Å². The van der Waals surface area contributed by atoms with E-state index in [9.17, 15) is 9.59 Å². The summed E-state index contributed by atoms with van der Waals surface area (Å²) in [4.78, 5) is 36.4. The molecule has 0 atom stereocenters. The minimum Gasteiger partial charge on any atom is -0.292 e. The Kier molecular flexibility index (Phi) is 5.99. The third-order valence-corrected chi connectivity index (χ3v) is 5.10. The normalized spacial score (nSPS) is 11.5. The van der Waals surface area contributed by atoms with Crippen molar-refractivity contribution in [1.29, 1.82) is 0 Å². The number of hydrogen-bond acceptors (Lipinski definition) is 5. The van der Waals surface area contributed by atoms with Gasteiger partial charge in [-0.05, 0) is 37.2 Å². The van der Waals surface area contributed by atoms with Gasteiger partial charge in [0, 0.05) is 37.6 Å². The molecule has 0 fully saturated rings. The largest absolute Gasteiger partial charge is 0.292 e. The molecule has 0 aliphatic carbocycles. The zero-order chi connectivity index (χ0) is 20.9. The van der Waals surface area contributed by atoms with Gasteiger partial charge in [0.15, 0.2) is 0 Å². The molecule has 0 aliphatic heterocycles. The summed E-state index contributed by atoms with van der Waals surface area (Å²) in [5, 5.41) is 0. The van der Waals surface area contributed by atoms with E-state index in [1.54, 1.807) is 24.5 Å². The highest BCUT2D eigenvalue weighted by Crippen LogP contribution is 2.10. The van der Waals surface area contributed by atoms with E-state index in [0.717, 1.165) is 37.2 Å². The van der Waals surface area contributed by atoms with Gasteiger partial charge in [0.2, 0.25) is 0 Å². The van der Waals surface area contributed by atoms with Crippen LogP contribution in [0.3, 0.4) is 0 Å². The fraction of sp³-hybridized carbons (Fsp3) is 0.304. The summed E-state index contributed by atoms with van der Waals surface area (Å²) in [6.45, 7) is 4.07. The molecule has 4 rings (SSSR count). The van der Waals surface area contributed by atoms with Gasteiger partial charge >= 0.3 is 0 Å². The van der Waals surface area contributed by atoms with Crippen LogP contribution in [0, 0.1) is 0 Å². The number of aromatic nitrogens is 4. The first-order valence-corrected chi connectivity index (χ1v) is 10.3. The van der Waals surface area contributed by atoms with E-state index >= 15 is 0 Å². The van der Waals surface area contributed by atoms with E-state index < -0.39 is 0 Å². The smallest absolute Gasteiger partial charge is 0.258 e. The van der Waals surface area contributed by atoms with Crippen molar-refractivity contribution in [3.63, 3.8) is 0 Å². The van der Waals surface area contributed by atoms with E-state index in [0.29, 0.717) is 24.4 Å². The molecule has 0 radical (unpaired) electrons. The lowest BCUT2D eigenvalue weighted by molar-refractivity contribution is 0.245. The van der Waals surface area contributed by atoms with Crippen molar-refractivity contribution in [3.05, 3.63) is 93.0 Å². The van der Waals surface area contributed by atoms with Gasteiger partial charge in [0.1, 0.15) is 11.3 Å². The standard InChI is InChI=1S/C23H25N5O2/c1-2-3-6-11-26(16-18-14-22(29)27-12-7-4-9-20(27)24-18)17-19-15-23(30)28-13-8-5-10-21(28)25-19/h4-5,7-10,12-15H,2-3,6,11,16-17H2,1H3. The monoisotopic (exact) mass is 403 g/mol. The highest BCUT2D eigenvalue weighted by molar-refractivity contribution is 5.39. The Balaban J connectivity index is 1.62. The average Bonchev–Trinajstić information content (AvgIpc) is 2.74. The lowest BCUT2D eigenvalue weighted by Gasteiger charge is -2.22. The van der Waals surface area contributed by atoms with Crippen LogP contribution in [0.5, 0.6) is 0 Å². The fourth-order valence-electron chi connectivity index (χ4n) is 3.63. The van der Waals surface area contributed by atoms with E-state index in [1.807, 2.05) is 36.4 Å². The minimum atomic E-state index is -0.0915. The maximum Gasteiger partial charge on any atom is 0.258 e. The first kappa shape index (κ1) is 20.0. The number of fused-ring (bicyclic) bond motifs is 2. The lowest BCUT2D eigenvalue weighted by atomic mass is 10.2. The summed E-state index contributed by atoms with van der Waals surface area (Å²) < 4.78 is 3.08. The number of nitrogens with zero attached hydrogens (tertiary/aromatic N) is 5. The Labute approximate surface area is 174 Å². The van der Waals surface area contributed by atoms with Crippen LogP contribution < -0.4 is 11.1 Å². The van der Waals surface area contributed by atoms with E-state index in [1.165, 1.54) is 8.80 Å². The van der Waals surface area contributed by atoms with Gasteiger partial charge in [-0.25, -0.2) is 9.97 Å². The second-order valence-corrected chi connectivity index (χ2v) is 7.45. The molecule has 0 bridgehead atoms. The quantitative estimate of drug-likeness (QED) is 0.423. The van der Waals surface area contributed by atoms with Crippen LogP contribution in [0.4, 0.5) is 0 Å². The molecular weight excluding hydrogens is 378 g/mol. The summed E-state index contributed by atoms with van der Waals surface area (Å²) >= 11 is 0. The third kappa shape index (κ3) is 4.46. The SMILES string of the molecule is CCCCCN(Cc1cc(=O)n2ccccc2n1)Cc1cc(=O)n2ccccc2n1. The van der Waals surface area contributed by atoms with E-state index in [2.05, 4.69) is 21.8 Å². The zero-order valence-electron chi connectivity index (χ0n) is 17.1. The minimum absolute atomic E-state index is 0.0915. The predicted molar refractivity (Wildman–Crippen MR) is 117 cm³/mol. The Bertz CT molecular complexity index is 1180. The van der Waals surface area contributed by atoms with Gasteiger partial charge in [-0.15, -0.1) is 0 Å². The van der Waals surface area contributed by atoms with Crippen LogP contribution >= 0.6 is 0 Å². The average molecular weight is 403 g/mol. The second-order valence-electron chi connectivity index (χ2n) is 7.45. The molecule has 7 nitrogen and oxygen atoms in total. The topological polar surface area (TPSA) is 72.0 Å². The third-order valence-electron chi connectivity index (χ3n) is 5.10. The summed E-state index contributed by atoms with van der Waals surface area (Å²) in [6.07, 6.45) is 6.73. The maximum absolute atomic E-state index is 12.4. The lowest BCUT2D eigenvalue weighted by Crippen LogP contribution is -2.28. The van der Waals surface area contributed by atoms with Crippen molar-refractivity contribution in [2.24, 2.45) is 0 Å². The van der Waals surface area contributed by atoms with Gasteiger partial charge in [-0.1, -0.05) is 31.9 Å². The summed E-state index contributed by atoms with van der Waals surface area (Å²) in [5.41, 5.74) is 2.53. The molecule has 4 aromatic heterocycles. The molecule has 0 saturated carbocycles. The highest BCUT2D eigenvalue weighted by atomic mass is 16.1.